The van der Waals surface area contributed by atoms with E-state index in [1.165, 1.54) is 6.33 Å². The molecular weight excluding hydrogens is 192 g/mol. The molecule has 0 fully saturated rings. The van der Waals surface area contributed by atoms with Crippen LogP contribution in [0.25, 0.3) is 5.65 Å². The Morgan fingerprint density at radius 3 is 3.23 bits per heavy atom. The second-order valence-corrected chi connectivity index (χ2v) is 2.72. The third kappa shape index (κ3) is 1.70. The average Bonchev–Trinajstić information content (AvgIpc) is 2.61. The molecule has 2 aromatic rings. The lowest BCUT2D eigenvalue weighted by Crippen LogP contribution is -2.02. The van der Waals surface area contributed by atoms with Crippen molar-refractivity contribution in [2.24, 2.45) is 0 Å². The first-order valence-electron chi connectivity index (χ1n) is 3.76. The summed E-state index contributed by atoms with van der Waals surface area (Å²) in [6, 6.07) is 3.51. The Morgan fingerprint density at radius 1 is 1.46 bits per heavy atom. The number of halogens is 1. The maximum atomic E-state index is 5.46. The zero-order valence-corrected chi connectivity index (χ0v) is 7.48. The average molecular weight is 199 g/mol. The Kier molecular flexibility index (Phi) is 2.27. The zero-order valence-electron chi connectivity index (χ0n) is 6.72. The number of hydrogen-bond donors (Lipinski definition) is 0. The van der Waals surface area contributed by atoms with Gasteiger partial charge in [-0.1, -0.05) is 0 Å². The summed E-state index contributed by atoms with van der Waals surface area (Å²) >= 11 is 5.46. The number of fused-ring (bicyclic) bond motifs is 1. The van der Waals surface area contributed by atoms with Crippen LogP contribution in [0.2, 0.25) is 0 Å². The van der Waals surface area contributed by atoms with Crippen LogP contribution in [0.15, 0.2) is 18.5 Å². The lowest BCUT2D eigenvalue weighted by Gasteiger charge is -2.01. The molecule has 13 heavy (non-hydrogen) atoms. The van der Waals surface area contributed by atoms with Crippen LogP contribution in [-0.4, -0.2) is 32.3 Å². The van der Waals surface area contributed by atoms with Crippen molar-refractivity contribution in [1.82, 2.24) is 19.8 Å². The molecule has 6 heteroatoms. The third-order valence-electron chi connectivity index (χ3n) is 1.46. The zero-order chi connectivity index (χ0) is 9.10. The van der Waals surface area contributed by atoms with Crippen LogP contribution in [0, 0.1) is 0 Å². The molecule has 0 atom stereocenters. The Hall–Kier alpha value is -1.36. The van der Waals surface area contributed by atoms with Crippen molar-refractivity contribution in [3.63, 3.8) is 0 Å². The fourth-order valence-corrected chi connectivity index (χ4v) is 1.01. The highest BCUT2D eigenvalue weighted by Gasteiger charge is 1.98. The van der Waals surface area contributed by atoms with Gasteiger partial charge in [0, 0.05) is 6.07 Å². The van der Waals surface area contributed by atoms with Gasteiger partial charge in [-0.05, 0) is 6.07 Å². The molecule has 0 aliphatic rings. The van der Waals surface area contributed by atoms with E-state index < -0.39 is 0 Å². The van der Waals surface area contributed by atoms with Crippen molar-refractivity contribution >= 4 is 17.2 Å². The van der Waals surface area contributed by atoms with Crippen LogP contribution in [0.3, 0.4) is 0 Å². The molecule has 2 rings (SSSR count). The Morgan fingerprint density at radius 2 is 2.38 bits per heavy atom. The fraction of sp³-hybridized carbons (Fsp3) is 0.286. The van der Waals surface area contributed by atoms with Crippen molar-refractivity contribution in [1.29, 1.82) is 0 Å². The normalized spacial score (nSPS) is 10.5. The van der Waals surface area contributed by atoms with Gasteiger partial charge >= 0.3 is 0 Å². The summed E-state index contributed by atoms with van der Waals surface area (Å²) < 4.78 is 6.76. The molecule has 0 N–H and O–H groups in total. The number of ether oxygens (including phenoxy) is 1. The molecule has 0 saturated carbocycles. The van der Waals surface area contributed by atoms with Gasteiger partial charge in [0.1, 0.15) is 12.9 Å². The molecule has 0 aromatic carbocycles. The number of aromatic nitrogens is 4. The molecule has 0 bridgehead atoms. The summed E-state index contributed by atoms with van der Waals surface area (Å²) in [4.78, 5) is 0. The molecule has 68 valence electrons. The number of alkyl halides is 1. The highest BCUT2D eigenvalue weighted by molar-refractivity contribution is 6.17. The summed E-state index contributed by atoms with van der Waals surface area (Å²) in [5.74, 6) is 0.968. The largest absolute Gasteiger partial charge is 0.475 e. The smallest absolute Gasteiger partial charge is 0.231 e. The van der Waals surface area contributed by atoms with E-state index >= 15 is 0 Å². The van der Waals surface area contributed by atoms with E-state index in [4.69, 9.17) is 16.3 Å². The summed E-state index contributed by atoms with van der Waals surface area (Å²) in [6.07, 6.45) is 1.52. The van der Waals surface area contributed by atoms with E-state index in [0.717, 1.165) is 0 Å². The monoisotopic (exact) mass is 198 g/mol. The minimum Gasteiger partial charge on any atom is -0.475 e. The quantitative estimate of drug-likeness (QED) is 0.683. The lowest BCUT2D eigenvalue weighted by atomic mass is 10.5. The molecule has 0 spiro atoms. The van der Waals surface area contributed by atoms with E-state index in [2.05, 4.69) is 15.3 Å². The molecule has 2 aromatic heterocycles. The molecule has 5 nitrogen and oxygen atoms in total. The highest BCUT2D eigenvalue weighted by Crippen LogP contribution is 2.06. The SMILES string of the molecule is ClCCOc1ccc2nncn2n1. The first kappa shape index (κ1) is 8.25. The van der Waals surface area contributed by atoms with Gasteiger partial charge in [-0.25, -0.2) is 0 Å². The molecule has 0 aliphatic carbocycles. The van der Waals surface area contributed by atoms with Crippen LogP contribution in [0.5, 0.6) is 5.88 Å². The van der Waals surface area contributed by atoms with Crippen LogP contribution in [0.1, 0.15) is 0 Å². The van der Waals surface area contributed by atoms with Crippen molar-refractivity contribution in [3.8, 4) is 5.88 Å². The minimum atomic E-state index is 0.446. The van der Waals surface area contributed by atoms with E-state index in [1.807, 2.05) is 0 Å². The molecule has 0 unspecified atom stereocenters. The number of rotatable bonds is 3. The molecule has 0 aliphatic heterocycles. The van der Waals surface area contributed by atoms with Gasteiger partial charge in [0.2, 0.25) is 5.88 Å². The van der Waals surface area contributed by atoms with Gasteiger partial charge in [0.05, 0.1) is 5.88 Å². The van der Waals surface area contributed by atoms with Gasteiger partial charge in [0.25, 0.3) is 0 Å². The molecular formula is C7H7ClN4O. The van der Waals surface area contributed by atoms with E-state index in [-0.39, 0.29) is 0 Å². The summed E-state index contributed by atoms with van der Waals surface area (Å²) in [6.45, 7) is 0.447. The van der Waals surface area contributed by atoms with Gasteiger partial charge in [0.15, 0.2) is 5.65 Å². The number of nitrogens with zero attached hydrogens (tertiary/aromatic N) is 4. The van der Waals surface area contributed by atoms with E-state index in [1.54, 1.807) is 16.6 Å². The van der Waals surface area contributed by atoms with Crippen LogP contribution in [-0.2, 0) is 0 Å². The predicted octanol–water partition coefficient (Wildman–Crippen LogP) is 0.742. The van der Waals surface area contributed by atoms with Crippen molar-refractivity contribution < 1.29 is 4.74 Å². The lowest BCUT2D eigenvalue weighted by molar-refractivity contribution is 0.323. The maximum Gasteiger partial charge on any atom is 0.231 e. The molecule has 0 amide bonds. The van der Waals surface area contributed by atoms with Crippen molar-refractivity contribution in [2.45, 2.75) is 0 Å². The Balaban J connectivity index is 2.26. The first-order chi connectivity index (χ1) is 6.40. The topological polar surface area (TPSA) is 52.3 Å². The molecule has 0 saturated heterocycles. The number of hydrogen-bond acceptors (Lipinski definition) is 4. The Labute approximate surface area is 79.3 Å². The second-order valence-electron chi connectivity index (χ2n) is 2.34. The van der Waals surface area contributed by atoms with Crippen molar-refractivity contribution in [3.05, 3.63) is 18.5 Å². The molecule has 2 heterocycles. The molecule has 0 radical (unpaired) electrons. The van der Waals surface area contributed by atoms with Gasteiger partial charge in [-0.15, -0.1) is 26.9 Å². The maximum absolute atomic E-state index is 5.46. The highest BCUT2D eigenvalue weighted by atomic mass is 35.5. The van der Waals surface area contributed by atoms with Gasteiger partial charge < -0.3 is 4.74 Å². The summed E-state index contributed by atoms with van der Waals surface area (Å²) in [5, 5.41) is 11.6. The summed E-state index contributed by atoms with van der Waals surface area (Å²) in [7, 11) is 0. The second kappa shape index (κ2) is 3.57. The fourth-order valence-electron chi connectivity index (χ4n) is 0.931. The van der Waals surface area contributed by atoms with Crippen LogP contribution >= 0.6 is 11.6 Å². The first-order valence-corrected chi connectivity index (χ1v) is 4.29. The third-order valence-corrected chi connectivity index (χ3v) is 1.62. The minimum absolute atomic E-state index is 0.446. The van der Waals surface area contributed by atoms with Crippen molar-refractivity contribution in [2.75, 3.05) is 12.5 Å². The van der Waals surface area contributed by atoms with Crippen LogP contribution < -0.4 is 4.74 Å². The Bertz CT molecular complexity index is 402. The van der Waals surface area contributed by atoms with E-state index in [9.17, 15) is 0 Å². The van der Waals surface area contributed by atoms with Gasteiger partial charge in [-0.3, -0.25) is 0 Å². The predicted molar refractivity (Wildman–Crippen MR) is 47.0 cm³/mol. The van der Waals surface area contributed by atoms with E-state index in [0.29, 0.717) is 24.0 Å². The van der Waals surface area contributed by atoms with Gasteiger partial charge in [-0.2, -0.15) is 4.52 Å². The summed E-state index contributed by atoms with van der Waals surface area (Å²) in [5.41, 5.74) is 0.693. The standard InChI is InChI=1S/C7H7ClN4O/c8-3-4-13-7-2-1-6-10-9-5-12(6)11-7/h1-2,5H,3-4H2. The van der Waals surface area contributed by atoms with Crippen LogP contribution in [0.4, 0.5) is 0 Å².